The quantitative estimate of drug-likeness (QED) is 0.142. The van der Waals surface area contributed by atoms with E-state index in [0.29, 0.717) is 0 Å². The summed E-state index contributed by atoms with van der Waals surface area (Å²) in [5.41, 5.74) is 12.3. The van der Waals surface area contributed by atoms with Crippen molar-refractivity contribution in [2.45, 2.75) is 156 Å². The van der Waals surface area contributed by atoms with E-state index in [1.54, 1.807) is 0 Å². The minimum atomic E-state index is -0.412. The molecule has 0 saturated carbocycles. The Kier molecular flexibility index (Phi) is 17.9. The topological polar surface area (TPSA) is 113 Å². The van der Waals surface area contributed by atoms with Gasteiger partial charge in [0, 0.05) is 63.4 Å². The molecule has 0 radical (unpaired) electrons. The predicted molar refractivity (Wildman–Crippen MR) is 459 cm³/mol. The summed E-state index contributed by atoms with van der Waals surface area (Å²) >= 11 is 1.90. The van der Waals surface area contributed by atoms with E-state index in [0.717, 1.165) is 104 Å². The van der Waals surface area contributed by atoms with Crippen LogP contribution in [0.25, 0.3) is 136 Å². The lowest BCUT2D eigenvalue weighted by Gasteiger charge is -2.32. The van der Waals surface area contributed by atoms with Crippen LogP contribution in [0.15, 0.2) is 256 Å². The van der Waals surface area contributed by atoms with Crippen LogP contribution >= 0.6 is 11.3 Å². The highest BCUT2D eigenvalue weighted by molar-refractivity contribution is 7.27. The Labute approximate surface area is 648 Å². The molecule has 0 aliphatic carbocycles. The van der Waals surface area contributed by atoms with Crippen LogP contribution in [0.1, 0.15) is 116 Å². The normalized spacial score (nSPS) is 18.4. The zero-order valence-corrected chi connectivity index (χ0v) is 66.3. The number of hydrogen-bond donors (Lipinski definition) is 0. The van der Waals surface area contributed by atoms with Crippen molar-refractivity contribution in [2.75, 3.05) is 0 Å². The second-order valence-electron chi connectivity index (χ2n) is 33.7. The van der Waals surface area contributed by atoms with E-state index in [2.05, 4.69) is 263 Å². The van der Waals surface area contributed by atoms with Crippen molar-refractivity contribution in [3.05, 3.63) is 249 Å². The van der Waals surface area contributed by atoms with E-state index in [9.17, 15) is 0 Å². The summed E-state index contributed by atoms with van der Waals surface area (Å²) in [6.45, 7) is 37.0. The Bertz CT molecular complexity index is 6220. The Balaban J connectivity index is 0.000000109. The van der Waals surface area contributed by atoms with Crippen molar-refractivity contribution in [1.82, 2.24) is 0 Å². The standard InChI is InChI=1S/C32H27BO2S.C24H23BO3.C20H21BO3.C18H19BO3/c1-31(2)32(3,4)35-33(34-31)22-16-13-21(14-17-22)26-19-27-29-23-10-6-5-9-20(23)15-18-28(29)36-30(27)25-12-8-7-11-24(25)26;1-23(2)24(3,4)28-25(27-23)17-14-19(16-10-6-5-7-11-16)22-20(15-17)18-12-8-9-13-21(18)26-22;1-6-13-7-9-15-16-12-14(8-10-17(16)22-18(15)11-13)21-23-19(2,3)20(4,5)24-21;1-17(2)18(3,4)22-19(21-17)12-9-10-16-14(11-12)13-7-5-6-8-15(13)20-16/h5-19H,1-4H3;5-15H,1-4H3;6-12H,1H2,2-5H3;5-11H,1-4H3. The molecule has 16 aromatic rings. The number of para-hydroxylation sites is 2. The number of furan rings is 3. The zero-order chi connectivity index (χ0) is 76.8. The maximum Gasteiger partial charge on any atom is 0.494 e. The molecule has 4 aromatic heterocycles. The van der Waals surface area contributed by atoms with E-state index in [1.807, 2.05) is 108 Å². The van der Waals surface area contributed by atoms with Crippen LogP contribution < -0.4 is 21.9 Å². The molecular weight excluding hydrogens is 1380 g/mol. The van der Waals surface area contributed by atoms with E-state index < -0.39 is 7.12 Å². The summed E-state index contributed by atoms with van der Waals surface area (Å²) in [6.07, 6.45) is 1.82. The smallest absolute Gasteiger partial charge is 0.456 e. The summed E-state index contributed by atoms with van der Waals surface area (Å²) < 4.78 is 70.6. The van der Waals surface area contributed by atoms with Crippen molar-refractivity contribution >= 4 is 175 Å². The predicted octanol–water partition coefficient (Wildman–Crippen LogP) is 22.3. The van der Waals surface area contributed by atoms with Gasteiger partial charge in [0.15, 0.2) is 0 Å². The maximum atomic E-state index is 6.33. The molecule has 16 heteroatoms. The second kappa shape index (κ2) is 26.9. The first kappa shape index (κ1) is 73.3. The third kappa shape index (κ3) is 12.8. The SMILES string of the molecule is C=Cc1ccc2c(c1)oc1ccc(B3OC(C)(C)C(C)(C)O3)cc12.CC1(C)OB(c2cc(-c3ccccc3)c3oc4ccccc4c3c2)OC1(C)C.CC1(C)OB(c2ccc(-c3cc4c(sc5ccc6ccccc6c54)c4ccccc34)cc2)OC1(C)C.CC1(C)OB(c2ccc3oc4ccccc4c3c2)OC1(C)C. The van der Waals surface area contributed by atoms with Gasteiger partial charge in [-0.25, -0.2) is 0 Å². The van der Waals surface area contributed by atoms with Gasteiger partial charge in [-0.3, -0.25) is 0 Å². The maximum absolute atomic E-state index is 6.33. The van der Waals surface area contributed by atoms with Crippen LogP contribution in [0, 0.1) is 0 Å². The summed E-state index contributed by atoms with van der Waals surface area (Å²) in [7, 11) is -1.47. The van der Waals surface area contributed by atoms with Crippen LogP contribution in [0.2, 0.25) is 0 Å². The molecule has 110 heavy (non-hydrogen) atoms. The number of rotatable bonds is 7. The fourth-order valence-electron chi connectivity index (χ4n) is 15.1. The average Bonchev–Trinajstić information content (AvgIpc) is 1.55. The molecule has 0 atom stereocenters. The van der Waals surface area contributed by atoms with E-state index in [4.69, 9.17) is 50.5 Å². The van der Waals surface area contributed by atoms with Gasteiger partial charge >= 0.3 is 28.5 Å². The minimum absolute atomic E-state index is 0.328. The summed E-state index contributed by atoms with van der Waals surface area (Å²) in [6, 6.07) is 82.4. The van der Waals surface area contributed by atoms with Gasteiger partial charge in [-0.2, -0.15) is 0 Å². The number of fused-ring (bicyclic) bond motifs is 16. The lowest BCUT2D eigenvalue weighted by Crippen LogP contribution is -2.41. The van der Waals surface area contributed by atoms with Gasteiger partial charge in [0.05, 0.1) is 44.8 Å². The molecule has 0 spiro atoms. The van der Waals surface area contributed by atoms with Crippen LogP contribution in [-0.2, 0) is 37.2 Å². The molecule has 11 nitrogen and oxygen atoms in total. The number of thiophene rings is 1. The van der Waals surface area contributed by atoms with Crippen LogP contribution in [0.5, 0.6) is 0 Å². The van der Waals surface area contributed by atoms with Gasteiger partial charge in [-0.1, -0.05) is 201 Å². The summed E-state index contributed by atoms with van der Waals surface area (Å²) in [5, 5.41) is 14.5. The summed E-state index contributed by atoms with van der Waals surface area (Å²) in [4.78, 5) is 0. The van der Waals surface area contributed by atoms with Crippen LogP contribution in [0.4, 0.5) is 0 Å². The van der Waals surface area contributed by atoms with Crippen molar-refractivity contribution in [3.63, 3.8) is 0 Å². The molecule has 0 unspecified atom stereocenters. The molecule has 4 aliphatic heterocycles. The molecule has 0 amide bonds. The average molecular weight is 1470 g/mol. The third-order valence-corrected chi connectivity index (χ3v) is 25.6. The Morgan fingerprint density at radius 2 is 0.691 bits per heavy atom. The third-order valence-electron chi connectivity index (χ3n) is 24.4. The number of benzene rings is 12. The van der Waals surface area contributed by atoms with Crippen LogP contribution in [-0.4, -0.2) is 73.3 Å². The van der Waals surface area contributed by atoms with Gasteiger partial charge < -0.3 is 50.5 Å². The molecule has 8 heterocycles. The molecule has 0 N–H and O–H groups in total. The highest BCUT2D eigenvalue weighted by atomic mass is 32.1. The van der Waals surface area contributed by atoms with Crippen molar-refractivity contribution < 1.29 is 50.5 Å². The fraction of sp³-hybridized carbons (Fsp3) is 0.255. The Hall–Kier alpha value is -9.54. The molecule has 20 rings (SSSR count). The minimum Gasteiger partial charge on any atom is -0.456 e. The van der Waals surface area contributed by atoms with Crippen LogP contribution in [0.3, 0.4) is 0 Å². The molecule has 4 aliphatic rings. The molecule has 4 saturated heterocycles. The Morgan fingerprint density at radius 1 is 0.282 bits per heavy atom. The lowest BCUT2D eigenvalue weighted by atomic mass is 9.77. The van der Waals surface area contributed by atoms with E-state index >= 15 is 0 Å². The first-order chi connectivity index (χ1) is 52.4. The zero-order valence-electron chi connectivity index (χ0n) is 65.5. The first-order valence-electron chi connectivity index (χ1n) is 38.2. The van der Waals surface area contributed by atoms with Gasteiger partial charge in [-0.15, -0.1) is 11.3 Å². The van der Waals surface area contributed by atoms with Gasteiger partial charge in [0.25, 0.3) is 0 Å². The Morgan fingerprint density at radius 3 is 1.24 bits per heavy atom. The van der Waals surface area contributed by atoms with Crippen molar-refractivity contribution in [1.29, 1.82) is 0 Å². The first-order valence-corrected chi connectivity index (χ1v) is 39.0. The molecule has 550 valence electrons. The molecule has 0 bridgehead atoms. The highest BCUT2D eigenvalue weighted by Gasteiger charge is 2.55. The van der Waals surface area contributed by atoms with Gasteiger partial charge in [0.2, 0.25) is 0 Å². The molecular formula is C94H90B4O11S. The highest BCUT2D eigenvalue weighted by Crippen LogP contribution is 2.47. The van der Waals surface area contributed by atoms with Crippen molar-refractivity contribution in [2.24, 2.45) is 0 Å². The van der Waals surface area contributed by atoms with Crippen molar-refractivity contribution in [3.8, 4) is 22.3 Å². The second-order valence-corrected chi connectivity index (χ2v) is 34.7. The van der Waals surface area contributed by atoms with Gasteiger partial charge in [0.1, 0.15) is 33.5 Å². The van der Waals surface area contributed by atoms with E-state index in [-0.39, 0.29) is 66.2 Å². The number of hydrogen-bond acceptors (Lipinski definition) is 12. The fourth-order valence-corrected chi connectivity index (χ4v) is 16.4. The van der Waals surface area contributed by atoms with Gasteiger partial charge in [-0.05, 0) is 220 Å². The summed E-state index contributed by atoms with van der Waals surface area (Å²) in [5.74, 6) is 0. The van der Waals surface area contributed by atoms with E-state index in [1.165, 1.54) is 52.8 Å². The molecule has 12 aromatic carbocycles. The largest absolute Gasteiger partial charge is 0.494 e. The monoisotopic (exact) mass is 1470 g/mol. The molecule has 4 fully saturated rings. The lowest BCUT2D eigenvalue weighted by molar-refractivity contribution is 0.00578.